The van der Waals surface area contributed by atoms with Gasteiger partial charge in [0.25, 0.3) is 0 Å². The molecule has 0 spiro atoms. The maximum absolute atomic E-state index is 2.78. The highest BCUT2D eigenvalue weighted by molar-refractivity contribution is 5.11. The Morgan fingerprint density at radius 3 is 1.09 bits per heavy atom. The van der Waals surface area contributed by atoms with Crippen LogP contribution in [-0.4, -0.2) is 24.5 Å². The molecule has 0 amide bonds. The topological polar surface area (TPSA) is 3.24 Å². The number of hydrogen-bond donors (Lipinski definition) is 0. The van der Waals surface area contributed by atoms with Crippen LogP contribution in [0.25, 0.3) is 0 Å². The highest BCUT2D eigenvalue weighted by Gasteiger charge is 2.06. The van der Waals surface area contributed by atoms with E-state index in [-0.39, 0.29) is 0 Å². The molecule has 0 radical (unpaired) electrons. The molecule has 1 aromatic rings. The normalized spacial score (nSPS) is 11.5. The van der Waals surface area contributed by atoms with Gasteiger partial charge in [0, 0.05) is 0 Å². The zero-order valence-electron chi connectivity index (χ0n) is 23.2. The Kier molecular flexibility index (Phi) is 21.4. The van der Waals surface area contributed by atoms with Crippen molar-refractivity contribution >= 4 is 0 Å². The SMILES string of the molecule is CC(C)CCCCCN(CCCCCC(C)C)CCCCCC(C)C.Cc1ccccc1. The highest BCUT2D eigenvalue weighted by atomic mass is 15.1. The van der Waals surface area contributed by atoms with Gasteiger partial charge in [-0.25, -0.2) is 0 Å². The average Bonchev–Trinajstić information content (AvgIpc) is 2.72. The third-order valence-corrected chi connectivity index (χ3v) is 6.21. The summed E-state index contributed by atoms with van der Waals surface area (Å²) in [5.74, 6) is 2.62. The minimum absolute atomic E-state index is 0.873. The summed E-state index contributed by atoms with van der Waals surface area (Å²) in [6, 6.07) is 10.3. The summed E-state index contributed by atoms with van der Waals surface area (Å²) >= 11 is 0. The first kappa shape index (κ1) is 31.2. The van der Waals surface area contributed by atoms with Gasteiger partial charge in [-0.3, -0.25) is 0 Å². The van der Waals surface area contributed by atoms with Gasteiger partial charge in [-0.1, -0.05) is 135 Å². The lowest BCUT2D eigenvalue weighted by molar-refractivity contribution is 0.252. The largest absolute Gasteiger partial charge is 0.303 e. The van der Waals surface area contributed by atoms with Gasteiger partial charge in [0.2, 0.25) is 0 Å². The minimum Gasteiger partial charge on any atom is -0.303 e. The van der Waals surface area contributed by atoms with Crippen LogP contribution in [0.4, 0.5) is 0 Å². The van der Waals surface area contributed by atoms with Gasteiger partial charge < -0.3 is 4.90 Å². The third kappa shape index (κ3) is 23.8. The molecule has 32 heavy (non-hydrogen) atoms. The Labute approximate surface area is 203 Å². The van der Waals surface area contributed by atoms with Crippen molar-refractivity contribution in [3.8, 4) is 0 Å². The summed E-state index contributed by atoms with van der Waals surface area (Å²) < 4.78 is 0. The van der Waals surface area contributed by atoms with Gasteiger partial charge in [-0.05, 0) is 63.6 Å². The van der Waals surface area contributed by atoms with E-state index in [1.165, 1.54) is 102 Å². The number of aryl methyl sites for hydroxylation is 1. The lowest BCUT2D eigenvalue weighted by Gasteiger charge is -2.22. The van der Waals surface area contributed by atoms with Crippen LogP contribution in [0.1, 0.15) is 124 Å². The molecular weight excluding hydrogens is 386 g/mol. The first-order valence-electron chi connectivity index (χ1n) is 14.0. The fraction of sp³-hybridized carbons (Fsp3) is 0.806. The number of unbranched alkanes of at least 4 members (excludes halogenated alkanes) is 6. The quantitative estimate of drug-likeness (QED) is 0.203. The van der Waals surface area contributed by atoms with Crippen LogP contribution >= 0.6 is 0 Å². The van der Waals surface area contributed by atoms with Crippen LogP contribution in [0.15, 0.2) is 30.3 Å². The van der Waals surface area contributed by atoms with Crippen molar-refractivity contribution in [3.63, 3.8) is 0 Å². The molecule has 188 valence electrons. The average molecular weight is 446 g/mol. The van der Waals surface area contributed by atoms with Gasteiger partial charge in [0.05, 0.1) is 0 Å². The second-order valence-corrected chi connectivity index (χ2v) is 11.2. The Morgan fingerprint density at radius 1 is 0.500 bits per heavy atom. The zero-order chi connectivity index (χ0) is 24.0. The van der Waals surface area contributed by atoms with E-state index in [1.54, 1.807) is 0 Å². The second kappa shape index (κ2) is 22.0. The van der Waals surface area contributed by atoms with Crippen molar-refractivity contribution < 1.29 is 0 Å². The number of rotatable bonds is 18. The highest BCUT2D eigenvalue weighted by Crippen LogP contribution is 2.13. The minimum atomic E-state index is 0.873. The Hall–Kier alpha value is -0.820. The van der Waals surface area contributed by atoms with Gasteiger partial charge in [-0.2, -0.15) is 0 Å². The lowest BCUT2D eigenvalue weighted by Crippen LogP contribution is -2.27. The van der Waals surface area contributed by atoms with Crippen LogP contribution in [0.2, 0.25) is 0 Å². The van der Waals surface area contributed by atoms with Gasteiger partial charge in [0.15, 0.2) is 0 Å². The summed E-state index contributed by atoms with van der Waals surface area (Å²) in [6.07, 6.45) is 17.0. The molecular formula is C31H59N. The first-order chi connectivity index (χ1) is 15.3. The number of nitrogens with zero attached hydrogens (tertiary/aromatic N) is 1. The molecule has 0 saturated heterocycles. The van der Waals surface area contributed by atoms with Crippen molar-refractivity contribution in [3.05, 3.63) is 35.9 Å². The van der Waals surface area contributed by atoms with E-state index in [0.29, 0.717) is 0 Å². The molecule has 0 N–H and O–H groups in total. The molecule has 0 fully saturated rings. The fourth-order valence-electron chi connectivity index (χ4n) is 4.06. The molecule has 0 aliphatic carbocycles. The van der Waals surface area contributed by atoms with E-state index in [1.807, 2.05) is 18.2 Å². The monoisotopic (exact) mass is 445 g/mol. The van der Waals surface area contributed by atoms with Crippen LogP contribution in [-0.2, 0) is 0 Å². The van der Waals surface area contributed by atoms with E-state index < -0.39 is 0 Å². The molecule has 0 aliphatic heterocycles. The summed E-state index contributed by atoms with van der Waals surface area (Å²) in [5, 5.41) is 0. The molecule has 1 nitrogen and oxygen atoms in total. The standard InChI is InChI=1S/C24H51N.C7H8/c1-22(2)16-10-7-13-19-25(20-14-8-11-17-23(3)4)21-15-9-12-18-24(5)6;1-7-5-3-2-4-6-7/h22-24H,7-21H2,1-6H3;2-6H,1H3. The van der Waals surface area contributed by atoms with Crippen molar-refractivity contribution in [1.29, 1.82) is 0 Å². The molecule has 0 aliphatic rings. The van der Waals surface area contributed by atoms with Crippen molar-refractivity contribution in [2.75, 3.05) is 19.6 Å². The zero-order valence-corrected chi connectivity index (χ0v) is 23.2. The van der Waals surface area contributed by atoms with E-state index in [4.69, 9.17) is 0 Å². The Bertz CT molecular complexity index is 434. The molecule has 0 saturated carbocycles. The smallest absolute Gasteiger partial charge is 0.00187 e. The second-order valence-electron chi connectivity index (χ2n) is 11.2. The van der Waals surface area contributed by atoms with E-state index >= 15 is 0 Å². The van der Waals surface area contributed by atoms with Crippen LogP contribution in [0.5, 0.6) is 0 Å². The lowest BCUT2D eigenvalue weighted by atomic mass is 10.0. The summed E-state index contributed by atoms with van der Waals surface area (Å²) in [5.41, 5.74) is 1.32. The Balaban J connectivity index is 0.00000115. The van der Waals surface area contributed by atoms with E-state index in [2.05, 4.69) is 65.5 Å². The molecule has 0 bridgehead atoms. The van der Waals surface area contributed by atoms with Crippen molar-refractivity contribution in [1.82, 2.24) is 4.90 Å². The summed E-state index contributed by atoms with van der Waals surface area (Å²) in [7, 11) is 0. The van der Waals surface area contributed by atoms with Gasteiger partial charge in [0.1, 0.15) is 0 Å². The molecule has 0 heterocycles. The van der Waals surface area contributed by atoms with E-state index in [9.17, 15) is 0 Å². The number of hydrogen-bond acceptors (Lipinski definition) is 1. The summed E-state index contributed by atoms with van der Waals surface area (Å²) in [6.45, 7) is 20.2. The number of benzene rings is 1. The van der Waals surface area contributed by atoms with E-state index in [0.717, 1.165) is 17.8 Å². The predicted octanol–water partition coefficient (Wildman–Crippen LogP) is 9.93. The van der Waals surface area contributed by atoms with Crippen molar-refractivity contribution in [2.45, 2.75) is 126 Å². The maximum Gasteiger partial charge on any atom is -0.00187 e. The Morgan fingerprint density at radius 2 is 0.844 bits per heavy atom. The van der Waals surface area contributed by atoms with Crippen LogP contribution in [0.3, 0.4) is 0 Å². The van der Waals surface area contributed by atoms with Gasteiger partial charge in [-0.15, -0.1) is 0 Å². The van der Waals surface area contributed by atoms with Crippen LogP contribution in [0, 0.1) is 24.7 Å². The van der Waals surface area contributed by atoms with Gasteiger partial charge >= 0.3 is 0 Å². The first-order valence-corrected chi connectivity index (χ1v) is 14.0. The molecule has 1 aromatic carbocycles. The molecule has 0 atom stereocenters. The molecule has 1 rings (SSSR count). The predicted molar refractivity (Wildman–Crippen MR) is 148 cm³/mol. The molecule has 0 unspecified atom stereocenters. The molecule has 0 aromatic heterocycles. The maximum atomic E-state index is 2.78. The third-order valence-electron chi connectivity index (χ3n) is 6.21. The fourth-order valence-corrected chi connectivity index (χ4v) is 4.06. The molecule has 1 heteroatoms. The summed E-state index contributed by atoms with van der Waals surface area (Å²) in [4.78, 5) is 2.78. The van der Waals surface area contributed by atoms with Crippen LogP contribution < -0.4 is 0 Å². The van der Waals surface area contributed by atoms with Crippen molar-refractivity contribution in [2.24, 2.45) is 17.8 Å².